The number of hydrogen-bond acceptors (Lipinski definition) is 4. The standard InChI is InChI=1S/C19H20N2O5/c1-12-7-8-13(19(24)25)11-14(12)20-17(22)15-5-2-3-9-21(15)18(23)16-6-4-10-26-16/h4,6-8,10-11,15H,2-3,5,9H2,1H3,(H,20,22)(H,24,25). The number of benzene rings is 1. The summed E-state index contributed by atoms with van der Waals surface area (Å²) in [5.74, 6) is -1.50. The van der Waals surface area contributed by atoms with Gasteiger partial charge in [-0.2, -0.15) is 0 Å². The number of nitrogens with zero attached hydrogens (tertiary/aromatic N) is 1. The molecule has 2 amide bonds. The summed E-state index contributed by atoms with van der Waals surface area (Å²) in [7, 11) is 0. The summed E-state index contributed by atoms with van der Waals surface area (Å²) >= 11 is 0. The van der Waals surface area contributed by atoms with Crippen molar-refractivity contribution in [1.82, 2.24) is 4.90 Å². The molecule has 26 heavy (non-hydrogen) atoms. The number of rotatable bonds is 4. The van der Waals surface area contributed by atoms with E-state index >= 15 is 0 Å². The van der Waals surface area contributed by atoms with E-state index in [2.05, 4.69) is 5.32 Å². The number of aryl methyl sites for hydroxylation is 1. The lowest BCUT2D eigenvalue weighted by Gasteiger charge is -2.34. The van der Waals surface area contributed by atoms with Crippen LogP contribution in [0.25, 0.3) is 0 Å². The highest BCUT2D eigenvalue weighted by atomic mass is 16.4. The molecule has 0 bridgehead atoms. The second kappa shape index (κ2) is 7.43. The highest BCUT2D eigenvalue weighted by Gasteiger charge is 2.33. The van der Waals surface area contributed by atoms with Crippen LogP contribution >= 0.6 is 0 Å². The Morgan fingerprint density at radius 3 is 2.73 bits per heavy atom. The van der Waals surface area contributed by atoms with E-state index in [1.54, 1.807) is 25.1 Å². The zero-order valence-corrected chi connectivity index (χ0v) is 14.4. The molecule has 2 N–H and O–H groups in total. The minimum atomic E-state index is -1.06. The first-order chi connectivity index (χ1) is 12.5. The number of amides is 2. The Hall–Kier alpha value is -3.09. The molecule has 1 atom stereocenters. The third-order valence-electron chi connectivity index (χ3n) is 4.54. The zero-order valence-electron chi connectivity index (χ0n) is 14.4. The maximum Gasteiger partial charge on any atom is 0.335 e. The average molecular weight is 356 g/mol. The van der Waals surface area contributed by atoms with Gasteiger partial charge in [-0.3, -0.25) is 9.59 Å². The monoisotopic (exact) mass is 356 g/mol. The molecule has 0 saturated carbocycles. The molecule has 0 aliphatic carbocycles. The first-order valence-corrected chi connectivity index (χ1v) is 8.46. The fourth-order valence-electron chi connectivity index (χ4n) is 3.09. The van der Waals surface area contributed by atoms with Crippen LogP contribution < -0.4 is 5.32 Å². The normalized spacial score (nSPS) is 17.0. The average Bonchev–Trinajstić information content (AvgIpc) is 3.17. The Kier molecular flexibility index (Phi) is 5.06. The lowest BCUT2D eigenvalue weighted by Crippen LogP contribution is -2.50. The predicted octanol–water partition coefficient (Wildman–Crippen LogP) is 2.92. The lowest BCUT2D eigenvalue weighted by molar-refractivity contribution is -0.121. The van der Waals surface area contributed by atoms with Gasteiger partial charge >= 0.3 is 5.97 Å². The number of carboxylic acid groups (broad SMARTS) is 1. The summed E-state index contributed by atoms with van der Waals surface area (Å²) in [6.45, 7) is 2.26. The van der Waals surface area contributed by atoms with Gasteiger partial charge in [-0.15, -0.1) is 0 Å². The van der Waals surface area contributed by atoms with Crippen molar-refractivity contribution in [1.29, 1.82) is 0 Å². The molecule has 1 aliphatic heterocycles. The van der Waals surface area contributed by atoms with Crippen molar-refractivity contribution in [2.45, 2.75) is 32.2 Å². The summed E-state index contributed by atoms with van der Waals surface area (Å²) < 4.78 is 5.17. The van der Waals surface area contributed by atoms with Crippen LogP contribution in [0.5, 0.6) is 0 Å². The Labute approximate surface area is 150 Å². The van der Waals surface area contributed by atoms with Crippen molar-refractivity contribution in [3.63, 3.8) is 0 Å². The highest BCUT2D eigenvalue weighted by Crippen LogP contribution is 2.23. The van der Waals surface area contributed by atoms with Gasteiger partial charge in [-0.05, 0) is 56.0 Å². The van der Waals surface area contributed by atoms with E-state index in [4.69, 9.17) is 9.52 Å². The number of carbonyl (C=O) groups is 3. The van der Waals surface area contributed by atoms with Gasteiger partial charge in [0.05, 0.1) is 11.8 Å². The van der Waals surface area contributed by atoms with Crippen LogP contribution in [0.4, 0.5) is 5.69 Å². The maximum absolute atomic E-state index is 12.8. The fraction of sp³-hybridized carbons (Fsp3) is 0.316. The summed E-state index contributed by atoms with van der Waals surface area (Å²) in [4.78, 5) is 38.1. The number of carboxylic acids is 1. The summed E-state index contributed by atoms with van der Waals surface area (Å²) in [6, 6.07) is 7.15. The number of carbonyl (C=O) groups excluding carboxylic acids is 2. The minimum absolute atomic E-state index is 0.0954. The van der Waals surface area contributed by atoms with E-state index in [-0.39, 0.29) is 23.1 Å². The van der Waals surface area contributed by atoms with Crippen molar-refractivity contribution >= 4 is 23.5 Å². The molecule has 136 valence electrons. The van der Waals surface area contributed by atoms with Gasteiger partial charge in [0.25, 0.3) is 5.91 Å². The summed E-state index contributed by atoms with van der Waals surface area (Å²) in [5.41, 5.74) is 1.28. The molecule has 1 aromatic heterocycles. The third-order valence-corrected chi connectivity index (χ3v) is 4.54. The molecule has 1 aliphatic rings. The van der Waals surface area contributed by atoms with Gasteiger partial charge in [-0.1, -0.05) is 6.07 Å². The van der Waals surface area contributed by atoms with Crippen molar-refractivity contribution in [2.24, 2.45) is 0 Å². The first-order valence-electron chi connectivity index (χ1n) is 8.46. The van der Waals surface area contributed by atoms with Crippen LogP contribution in [-0.4, -0.2) is 40.4 Å². The predicted molar refractivity (Wildman–Crippen MR) is 94.2 cm³/mol. The van der Waals surface area contributed by atoms with Crippen LogP contribution in [-0.2, 0) is 4.79 Å². The van der Waals surface area contributed by atoms with E-state index in [0.29, 0.717) is 18.7 Å². The smallest absolute Gasteiger partial charge is 0.335 e. The van der Waals surface area contributed by atoms with Crippen molar-refractivity contribution < 1.29 is 23.9 Å². The number of anilines is 1. The SMILES string of the molecule is Cc1ccc(C(=O)O)cc1NC(=O)C1CCCCN1C(=O)c1ccco1. The Balaban J connectivity index is 1.80. The van der Waals surface area contributed by atoms with Crippen molar-refractivity contribution in [3.8, 4) is 0 Å². The first kappa shape index (κ1) is 17.7. The second-order valence-corrected chi connectivity index (χ2v) is 6.31. The zero-order chi connectivity index (χ0) is 18.7. The fourth-order valence-corrected chi connectivity index (χ4v) is 3.09. The molecule has 7 nitrogen and oxygen atoms in total. The van der Waals surface area contributed by atoms with Crippen LogP contribution in [0.1, 0.15) is 45.7 Å². The molecular formula is C19H20N2O5. The molecule has 1 saturated heterocycles. The number of likely N-dealkylation sites (tertiary alicyclic amines) is 1. The molecule has 3 rings (SSSR count). The molecule has 1 unspecified atom stereocenters. The van der Waals surface area contributed by atoms with Gasteiger partial charge in [0.2, 0.25) is 5.91 Å². The van der Waals surface area contributed by atoms with Crippen LogP contribution in [0.3, 0.4) is 0 Å². The van der Waals surface area contributed by atoms with E-state index in [1.807, 2.05) is 0 Å². The number of nitrogens with one attached hydrogen (secondary N) is 1. The van der Waals surface area contributed by atoms with Gasteiger partial charge < -0.3 is 19.7 Å². The molecule has 0 radical (unpaired) electrons. The Morgan fingerprint density at radius 2 is 2.04 bits per heavy atom. The quantitative estimate of drug-likeness (QED) is 0.877. The Morgan fingerprint density at radius 1 is 1.23 bits per heavy atom. The number of furan rings is 1. The summed E-state index contributed by atoms with van der Waals surface area (Å²) in [5, 5.41) is 11.9. The van der Waals surface area contributed by atoms with Gasteiger partial charge in [0.15, 0.2) is 5.76 Å². The summed E-state index contributed by atoms with van der Waals surface area (Å²) in [6.07, 6.45) is 3.64. The van der Waals surface area contributed by atoms with E-state index in [0.717, 1.165) is 18.4 Å². The molecule has 1 aromatic carbocycles. The van der Waals surface area contributed by atoms with Crippen molar-refractivity contribution in [3.05, 3.63) is 53.5 Å². The van der Waals surface area contributed by atoms with Crippen LogP contribution in [0.15, 0.2) is 41.0 Å². The highest BCUT2D eigenvalue weighted by molar-refractivity contribution is 6.01. The lowest BCUT2D eigenvalue weighted by atomic mass is 10.0. The largest absolute Gasteiger partial charge is 0.478 e. The minimum Gasteiger partial charge on any atom is -0.478 e. The molecule has 1 fully saturated rings. The number of piperidine rings is 1. The van der Waals surface area contributed by atoms with Crippen LogP contribution in [0.2, 0.25) is 0 Å². The van der Waals surface area contributed by atoms with E-state index in [9.17, 15) is 14.4 Å². The van der Waals surface area contributed by atoms with Gasteiger partial charge in [0, 0.05) is 12.2 Å². The van der Waals surface area contributed by atoms with Gasteiger partial charge in [-0.25, -0.2) is 4.79 Å². The molecule has 7 heteroatoms. The van der Waals surface area contributed by atoms with Gasteiger partial charge in [0.1, 0.15) is 6.04 Å². The topological polar surface area (TPSA) is 99.9 Å². The second-order valence-electron chi connectivity index (χ2n) is 6.31. The molecule has 2 aromatic rings. The molecule has 2 heterocycles. The van der Waals surface area contributed by atoms with E-state index < -0.39 is 12.0 Å². The Bertz CT molecular complexity index is 828. The molecule has 0 spiro atoms. The molecular weight excluding hydrogens is 336 g/mol. The van der Waals surface area contributed by atoms with E-state index in [1.165, 1.54) is 23.3 Å². The maximum atomic E-state index is 12.8. The third kappa shape index (κ3) is 3.61. The van der Waals surface area contributed by atoms with Crippen LogP contribution in [0, 0.1) is 6.92 Å². The van der Waals surface area contributed by atoms with Crippen molar-refractivity contribution in [2.75, 3.05) is 11.9 Å². The number of hydrogen-bond donors (Lipinski definition) is 2. The number of aromatic carboxylic acids is 1.